The minimum absolute atomic E-state index is 0.0729. The normalized spacial score (nSPS) is 42.3. The van der Waals surface area contributed by atoms with Gasteiger partial charge in [-0.1, -0.05) is 0 Å². The number of carbonyl (C=O) groups excluding carboxylic acids is 1. The fourth-order valence-electron chi connectivity index (χ4n) is 6.04. The molecule has 0 aromatic heterocycles. The number of hydrogen-bond acceptors (Lipinski definition) is 3. The predicted molar refractivity (Wildman–Crippen MR) is 83.2 cm³/mol. The average molecular weight is 307 g/mol. The quantitative estimate of drug-likeness (QED) is 0.836. The number of hydrogen-bond donors (Lipinski definition) is 2. The lowest BCUT2D eigenvalue weighted by molar-refractivity contribution is -0.147. The summed E-state index contributed by atoms with van der Waals surface area (Å²) in [7, 11) is 0. The van der Waals surface area contributed by atoms with Gasteiger partial charge in [-0.2, -0.15) is 0 Å². The van der Waals surface area contributed by atoms with E-state index < -0.39 is 0 Å². The van der Waals surface area contributed by atoms with E-state index in [2.05, 4.69) is 5.32 Å². The van der Waals surface area contributed by atoms with Crippen molar-refractivity contribution in [2.24, 2.45) is 28.6 Å². The summed E-state index contributed by atoms with van der Waals surface area (Å²) in [6.07, 6.45) is 9.13. The van der Waals surface area contributed by atoms with E-state index in [1.165, 1.54) is 19.3 Å². The van der Waals surface area contributed by atoms with E-state index >= 15 is 0 Å². The molecule has 1 saturated heterocycles. The maximum Gasteiger partial charge on any atom is 0.226 e. The Labute approximate surface area is 133 Å². The molecule has 0 radical (unpaired) electrons. The summed E-state index contributed by atoms with van der Waals surface area (Å²) in [5.41, 5.74) is -0.229. The van der Waals surface area contributed by atoms with E-state index in [4.69, 9.17) is 4.74 Å². The summed E-state index contributed by atoms with van der Waals surface area (Å²) in [5, 5.41) is 13.0. The molecule has 4 aliphatic carbocycles. The molecular weight excluding hydrogens is 278 g/mol. The summed E-state index contributed by atoms with van der Waals surface area (Å²) in [4.78, 5) is 13.0. The predicted octanol–water partition coefficient (Wildman–Crippen LogP) is 2.11. The van der Waals surface area contributed by atoms with Crippen LogP contribution in [0.2, 0.25) is 0 Å². The number of nitrogens with one attached hydrogen (secondary N) is 1. The minimum Gasteiger partial charge on any atom is -0.396 e. The molecule has 4 nitrogen and oxygen atoms in total. The Bertz CT molecular complexity index is 406. The van der Waals surface area contributed by atoms with Gasteiger partial charge in [-0.15, -0.1) is 0 Å². The Hall–Kier alpha value is -0.610. The SMILES string of the molecule is O=C(NCC1(CO)CCOCC1)C12CC3CC(CC(C3)C1)C2. The van der Waals surface area contributed by atoms with Crippen molar-refractivity contribution in [3.63, 3.8) is 0 Å². The molecule has 1 aliphatic heterocycles. The highest BCUT2D eigenvalue weighted by molar-refractivity contribution is 5.83. The van der Waals surface area contributed by atoms with Crippen molar-refractivity contribution in [3.05, 3.63) is 0 Å². The molecule has 5 fully saturated rings. The van der Waals surface area contributed by atoms with E-state index in [-0.39, 0.29) is 23.3 Å². The van der Waals surface area contributed by atoms with Crippen LogP contribution in [-0.4, -0.2) is 37.4 Å². The lowest BCUT2D eigenvalue weighted by Gasteiger charge is -2.55. The van der Waals surface area contributed by atoms with Crippen LogP contribution in [0.1, 0.15) is 51.4 Å². The van der Waals surface area contributed by atoms with Gasteiger partial charge in [0, 0.05) is 30.6 Å². The lowest BCUT2D eigenvalue weighted by atomic mass is 9.49. The monoisotopic (exact) mass is 307 g/mol. The zero-order chi connectivity index (χ0) is 15.2. The zero-order valence-corrected chi connectivity index (χ0v) is 13.5. The number of rotatable bonds is 4. The minimum atomic E-state index is -0.157. The molecule has 0 aromatic carbocycles. The van der Waals surface area contributed by atoms with E-state index in [0.29, 0.717) is 19.8 Å². The third-order valence-corrected chi connectivity index (χ3v) is 7.03. The van der Waals surface area contributed by atoms with Crippen LogP contribution >= 0.6 is 0 Å². The molecule has 2 N–H and O–H groups in total. The summed E-state index contributed by atoms with van der Waals surface area (Å²) < 4.78 is 5.41. The van der Waals surface area contributed by atoms with Crippen LogP contribution in [0.4, 0.5) is 0 Å². The number of aliphatic hydroxyl groups is 1. The Morgan fingerprint density at radius 3 is 2.09 bits per heavy atom. The average Bonchev–Trinajstić information content (AvgIpc) is 2.52. The number of ether oxygens (including phenoxy) is 1. The molecule has 4 saturated carbocycles. The highest BCUT2D eigenvalue weighted by Gasteiger charge is 2.54. The molecule has 124 valence electrons. The van der Waals surface area contributed by atoms with Crippen LogP contribution in [0.3, 0.4) is 0 Å². The smallest absolute Gasteiger partial charge is 0.226 e. The van der Waals surface area contributed by atoms with Gasteiger partial charge in [-0.3, -0.25) is 4.79 Å². The molecule has 22 heavy (non-hydrogen) atoms. The summed E-state index contributed by atoms with van der Waals surface area (Å²) in [6.45, 7) is 2.17. The first-order valence-corrected chi connectivity index (χ1v) is 9.10. The number of aliphatic hydroxyl groups excluding tert-OH is 1. The van der Waals surface area contributed by atoms with Crippen LogP contribution in [0.5, 0.6) is 0 Å². The van der Waals surface area contributed by atoms with Gasteiger partial charge in [0.25, 0.3) is 0 Å². The largest absolute Gasteiger partial charge is 0.396 e. The van der Waals surface area contributed by atoms with Gasteiger partial charge in [0.05, 0.1) is 6.61 Å². The topological polar surface area (TPSA) is 58.6 Å². The molecule has 4 heteroatoms. The van der Waals surface area contributed by atoms with Gasteiger partial charge in [0.15, 0.2) is 0 Å². The molecule has 1 amide bonds. The summed E-state index contributed by atoms with van der Waals surface area (Å²) in [6, 6.07) is 0. The molecule has 4 bridgehead atoms. The molecule has 0 spiro atoms. The Morgan fingerprint density at radius 2 is 1.59 bits per heavy atom. The molecular formula is C18H29NO3. The van der Waals surface area contributed by atoms with Crippen molar-refractivity contribution in [1.82, 2.24) is 5.32 Å². The van der Waals surface area contributed by atoms with Crippen molar-refractivity contribution in [2.75, 3.05) is 26.4 Å². The molecule has 5 aliphatic rings. The second kappa shape index (κ2) is 5.48. The standard InChI is InChI=1S/C18H29NO3/c20-12-17(1-3-22-4-2-17)11-19-16(21)18-8-13-5-14(9-18)7-15(6-13)10-18/h13-15,20H,1-12H2,(H,19,21). The van der Waals surface area contributed by atoms with E-state index in [0.717, 1.165) is 49.9 Å². The third-order valence-electron chi connectivity index (χ3n) is 7.03. The van der Waals surface area contributed by atoms with Gasteiger partial charge < -0.3 is 15.2 Å². The fraction of sp³-hybridized carbons (Fsp3) is 0.944. The molecule has 0 atom stereocenters. The number of amides is 1. The molecule has 5 rings (SSSR count). The Morgan fingerprint density at radius 1 is 1.05 bits per heavy atom. The van der Waals surface area contributed by atoms with Crippen molar-refractivity contribution < 1.29 is 14.6 Å². The maximum absolute atomic E-state index is 13.0. The summed E-state index contributed by atoms with van der Waals surface area (Å²) >= 11 is 0. The second-order valence-corrected chi connectivity index (χ2v) is 8.65. The van der Waals surface area contributed by atoms with E-state index in [9.17, 15) is 9.90 Å². The number of carbonyl (C=O) groups is 1. The van der Waals surface area contributed by atoms with Crippen LogP contribution in [0.25, 0.3) is 0 Å². The zero-order valence-electron chi connectivity index (χ0n) is 13.5. The van der Waals surface area contributed by atoms with Gasteiger partial charge in [-0.05, 0) is 69.1 Å². The first-order valence-electron chi connectivity index (χ1n) is 9.10. The fourth-order valence-corrected chi connectivity index (χ4v) is 6.04. The molecule has 0 unspecified atom stereocenters. The van der Waals surface area contributed by atoms with Gasteiger partial charge in [0.1, 0.15) is 0 Å². The van der Waals surface area contributed by atoms with Crippen LogP contribution < -0.4 is 5.32 Å². The van der Waals surface area contributed by atoms with Crippen LogP contribution in [-0.2, 0) is 9.53 Å². The molecule has 0 aromatic rings. The maximum atomic E-state index is 13.0. The van der Waals surface area contributed by atoms with Gasteiger partial charge in [0.2, 0.25) is 5.91 Å². The first kappa shape index (κ1) is 14.9. The Balaban J connectivity index is 1.42. The highest BCUT2D eigenvalue weighted by atomic mass is 16.5. The van der Waals surface area contributed by atoms with Crippen LogP contribution in [0, 0.1) is 28.6 Å². The molecule has 1 heterocycles. The van der Waals surface area contributed by atoms with Crippen LogP contribution in [0.15, 0.2) is 0 Å². The lowest BCUT2D eigenvalue weighted by Crippen LogP contribution is -2.55. The van der Waals surface area contributed by atoms with Crippen molar-refractivity contribution in [2.45, 2.75) is 51.4 Å². The Kier molecular flexibility index (Phi) is 3.73. The summed E-state index contributed by atoms with van der Waals surface area (Å²) in [5.74, 6) is 2.68. The first-order chi connectivity index (χ1) is 10.6. The van der Waals surface area contributed by atoms with E-state index in [1.54, 1.807) is 0 Å². The van der Waals surface area contributed by atoms with Crippen molar-refractivity contribution in [3.8, 4) is 0 Å². The van der Waals surface area contributed by atoms with Crippen molar-refractivity contribution >= 4 is 5.91 Å². The van der Waals surface area contributed by atoms with Crippen molar-refractivity contribution in [1.29, 1.82) is 0 Å². The second-order valence-electron chi connectivity index (χ2n) is 8.65. The van der Waals surface area contributed by atoms with Gasteiger partial charge in [-0.25, -0.2) is 0 Å². The highest BCUT2D eigenvalue weighted by Crippen LogP contribution is 2.60. The van der Waals surface area contributed by atoms with Gasteiger partial charge >= 0.3 is 0 Å². The van der Waals surface area contributed by atoms with E-state index in [1.807, 2.05) is 0 Å². The third kappa shape index (κ3) is 2.48.